The van der Waals surface area contributed by atoms with Gasteiger partial charge in [-0.05, 0) is 37.2 Å². The highest BCUT2D eigenvalue weighted by Crippen LogP contribution is 2.40. The molecular weight excluding hydrogens is 311 g/mol. The molecule has 0 saturated heterocycles. The molecule has 0 aliphatic heterocycles. The van der Waals surface area contributed by atoms with Gasteiger partial charge in [-0.25, -0.2) is 0 Å². The molecular formula is C15H24Cl2O2Si. The molecule has 5 heteroatoms. The molecule has 0 unspecified atom stereocenters. The summed E-state index contributed by atoms with van der Waals surface area (Å²) in [5.41, 5.74) is 0.544. The van der Waals surface area contributed by atoms with Gasteiger partial charge in [0.1, 0.15) is 6.10 Å². The molecule has 0 aliphatic rings. The summed E-state index contributed by atoms with van der Waals surface area (Å²) >= 11 is 12.3. The maximum absolute atomic E-state index is 10.5. The highest BCUT2D eigenvalue weighted by Gasteiger charge is 2.40. The van der Waals surface area contributed by atoms with E-state index in [4.69, 9.17) is 27.6 Å². The number of halogens is 2. The van der Waals surface area contributed by atoms with Crippen molar-refractivity contribution in [2.75, 3.05) is 0 Å². The molecule has 2 nitrogen and oxygen atoms in total. The minimum absolute atomic E-state index is 0.0885. The van der Waals surface area contributed by atoms with Crippen LogP contribution < -0.4 is 0 Å². The normalized spacial score (nSPS) is 16.1. The summed E-state index contributed by atoms with van der Waals surface area (Å²) < 4.78 is 6.20. The van der Waals surface area contributed by atoms with Crippen LogP contribution in [0.25, 0.3) is 0 Å². The molecule has 0 aromatic heterocycles. The highest BCUT2D eigenvalue weighted by molar-refractivity contribution is 6.74. The van der Waals surface area contributed by atoms with Crippen LogP contribution >= 0.6 is 23.2 Å². The van der Waals surface area contributed by atoms with E-state index in [1.165, 1.54) is 0 Å². The van der Waals surface area contributed by atoms with Crippen LogP contribution in [-0.2, 0) is 4.43 Å². The van der Waals surface area contributed by atoms with Crippen molar-refractivity contribution in [3.63, 3.8) is 0 Å². The first-order valence-corrected chi connectivity index (χ1v) is 10.4. The van der Waals surface area contributed by atoms with Crippen LogP contribution in [0, 0.1) is 0 Å². The van der Waals surface area contributed by atoms with Gasteiger partial charge in [-0.3, -0.25) is 0 Å². The van der Waals surface area contributed by atoms with Crippen molar-refractivity contribution >= 4 is 31.5 Å². The predicted molar refractivity (Wildman–Crippen MR) is 89.2 cm³/mol. The Labute approximate surface area is 133 Å². The molecule has 2 atom stereocenters. The van der Waals surface area contributed by atoms with Crippen LogP contribution in [0.4, 0.5) is 0 Å². The summed E-state index contributed by atoms with van der Waals surface area (Å²) in [6, 6.07) is 5.22. The molecule has 114 valence electrons. The van der Waals surface area contributed by atoms with E-state index in [0.717, 1.165) is 0 Å². The third-order valence-corrected chi connectivity index (χ3v) is 9.26. The molecule has 1 N–H and O–H groups in total. The molecule has 0 spiro atoms. The van der Waals surface area contributed by atoms with Gasteiger partial charge in [0.2, 0.25) is 0 Å². The zero-order chi connectivity index (χ0) is 15.7. The van der Waals surface area contributed by atoms with Crippen molar-refractivity contribution in [1.82, 2.24) is 0 Å². The fourth-order valence-corrected chi connectivity index (χ4v) is 3.77. The average Bonchev–Trinajstić information content (AvgIpc) is 2.26. The zero-order valence-corrected chi connectivity index (χ0v) is 15.5. The Morgan fingerprint density at radius 3 is 2.00 bits per heavy atom. The van der Waals surface area contributed by atoms with Gasteiger partial charge in [-0.15, -0.1) is 0 Å². The van der Waals surface area contributed by atoms with Gasteiger partial charge in [-0.2, -0.15) is 0 Å². The minimum Gasteiger partial charge on any atom is -0.411 e. The van der Waals surface area contributed by atoms with Crippen LogP contribution in [-0.4, -0.2) is 19.5 Å². The van der Waals surface area contributed by atoms with Gasteiger partial charge in [0.15, 0.2) is 8.32 Å². The van der Waals surface area contributed by atoms with E-state index in [-0.39, 0.29) is 11.1 Å². The van der Waals surface area contributed by atoms with Crippen LogP contribution in [0.15, 0.2) is 18.2 Å². The molecule has 0 fully saturated rings. The number of rotatable bonds is 4. The summed E-state index contributed by atoms with van der Waals surface area (Å²) in [7, 11) is -1.94. The highest BCUT2D eigenvalue weighted by atomic mass is 35.5. The standard InChI is InChI=1S/C15H24Cl2O2Si/c1-10(19-20(5,6)15(2,3)4)14(18)13-11(16)8-7-9-12(13)17/h7-10,14,18H,1-6H3/t10-,14+/m0/s1. The molecule has 20 heavy (non-hydrogen) atoms. The van der Waals surface area contributed by atoms with Crippen LogP contribution in [0.3, 0.4) is 0 Å². The lowest BCUT2D eigenvalue weighted by Gasteiger charge is -2.39. The Kier molecular flexibility index (Phi) is 5.73. The van der Waals surface area contributed by atoms with Gasteiger partial charge in [0.05, 0.1) is 6.10 Å². The molecule has 0 bridgehead atoms. The second-order valence-electron chi connectivity index (χ2n) is 6.66. The zero-order valence-electron chi connectivity index (χ0n) is 13.0. The molecule has 1 aromatic carbocycles. The smallest absolute Gasteiger partial charge is 0.192 e. The number of hydrogen-bond acceptors (Lipinski definition) is 2. The molecule has 0 aliphatic carbocycles. The van der Waals surface area contributed by atoms with Crippen molar-refractivity contribution in [3.05, 3.63) is 33.8 Å². The summed E-state index contributed by atoms with van der Waals surface area (Å²) in [6.45, 7) is 12.7. The number of aliphatic hydroxyl groups excluding tert-OH is 1. The number of benzene rings is 1. The van der Waals surface area contributed by atoms with Crippen molar-refractivity contribution < 1.29 is 9.53 Å². The average molecular weight is 335 g/mol. The van der Waals surface area contributed by atoms with E-state index in [0.29, 0.717) is 15.6 Å². The fourth-order valence-electron chi connectivity index (χ4n) is 1.73. The number of aliphatic hydroxyl groups is 1. The monoisotopic (exact) mass is 334 g/mol. The van der Waals surface area contributed by atoms with Gasteiger partial charge in [-0.1, -0.05) is 50.0 Å². The Hall–Kier alpha value is -0.0631. The van der Waals surface area contributed by atoms with Crippen LogP contribution in [0.2, 0.25) is 28.2 Å². The maximum atomic E-state index is 10.5. The van der Waals surface area contributed by atoms with E-state index >= 15 is 0 Å². The lowest BCUT2D eigenvalue weighted by atomic mass is 10.1. The van der Waals surface area contributed by atoms with Crippen LogP contribution in [0.1, 0.15) is 39.4 Å². The van der Waals surface area contributed by atoms with E-state index in [1.54, 1.807) is 18.2 Å². The summed E-state index contributed by atoms with van der Waals surface area (Å²) in [6.07, 6.45) is -1.18. The van der Waals surface area contributed by atoms with E-state index in [9.17, 15) is 5.11 Å². The Bertz CT molecular complexity index is 449. The van der Waals surface area contributed by atoms with Gasteiger partial charge >= 0.3 is 0 Å². The molecule has 0 amide bonds. The molecule has 1 aromatic rings. The van der Waals surface area contributed by atoms with Crippen molar-refractivity contribution in [2.45, 2.75) is 58.0 Å². The summed E-state index contributed by atoms with van der Waals surface area (Å²) in [5, 5.41) is 11.5. The fraction of sp³-hybridized carbons (Fsp3) is 0.600. The lowest BCUT2D eigenvalue weighted by Crippen LogP contribution is -2.44. The summed E-state index contributed by atoms with van der Waals surface area (Å²) in [4.78, 5) is 0. The van der Waals surface area contributed by atoms with Crippen molar-refractivity contribution in [1.29, 1.82) is 0 Å². The minimum atomic E-state index is -1.94. The summed E-state index contributed by atoms with van der Waals surface area (Å²) in [5.74, 6) is 0. The predicted octanol–water partition coefficient (Wildman–Crippen LogP) is 5.44. The quantitative estimate of drug-likeness (QED) is 0.743. The van der Waals surface area contributed by atoms with Gasteiger partial charge < -0.3 is 9.53 Å². The lowest BCUT2D eigenvalue weighted by molar-refractivity contribution is 0.0381. The van der Waals surface area contributed by atoms with E-state index in [1.807, 2.05) is 6.92 Å². The largest absolute Gasteiger partial charge is 0.411 e. The first-order valence-electron chi connectivity index (χ1n) is 6.77. The van der Waals surface area contributed by atoms with Crippen molar-refractivity contribution in [2.24, 2.45) is 0 Å². The third-order valence-electron chi connectivity index (χ3n) is 4.03. The second-order valence-corrected chi connectivity index (χ2v) is 12.2. The second kappa shape index (κ2) is 6.37. The van der Waals surface area contributed by atoms with E-state index < -0.39 is 14.4 Å². The Balaban J connectivity index is 2.96. The molecule has 0 heterocycles. The van der Waals surface area contributed by atoms with Gasteiger partial charge in [0, 0.05) is 15.6 Å². The first-order chi connectivity index (χ1) is 8.97. The topological polar surface area (TPSA) is 29.5 Å². The van der Waals surface area contributed by atoms with Crippen LogP contribution in [0.5, 0.6) is 0 Å². The Morgan fingerprint density at radius 1 is 1.15 bits per heavy atom. The van der Waals surface area contributed by atoms with Crippen molar-refractivity contribution in [3.8, 4) is 0 Å². The Morgan fingerprint density at radius 2 is 1.60 bits per heavy atom. The molecule has 1 rings (SSSR count). The maximum Gasteiger partial charge on any atom is 0.192 e. The third kappa shape index (κ3) is 3.98. The first kappa shape index (κ1) is 18.0. The van der Waals surface area contributed by atoms with Gasteiger partial charge in [0.25, 0.3) is 0 Å². The SMILES string of the molecule is C[C@H](O[Si](C)(C)C(C)(C)C)[C@@H](O)c1c(Cl)cccc1Cl. The molecule has 0 radical (unpaired) electrons. The number of hydrogen-bond donors (Lipinski definition) is 1. The van der Waals surface area contributed by atoms with E-state index in [2.05, 4.69) is 33.9 Å². The molecule has 0 saturated carbocycles.